The van der Waals surface area contributed by atoms with Crippen LogP contribution in [0.1, 0.15) is 5.56 Å². The van der Waals surface area contributed by atoms with Gasteiger partial charge in [-0.2, -0.15) is 0 Å². The number of aryl methyl sites for hydroxylation is 1. The van der Waals surface area contributed by atoms with E-state index in [1.165, 1.54) is 19.2 Å². The van der Waals surface area contributed by atoms with E-state index in [1.807, 2.05) is 6.92 Å². The molecule has 88 valence electrons. The summed E-state index contributed by atoms with van der Waals surface area (Å²) in [6.45, 7) is 1.88. The van der Waals surface area contributed by atoms with Crippen molar-refractivity contribution >= 4 is 0 Å². The number of phenolic OH excluding ortho intramolecular Hbond substituents is 1. The van der Waals surface area contributed by atoms with Crippen LogP contribution in [0.25, 0.3) is 11.1 Å². The lowest BCUT2D eigenvalue weighted by Crippen LogP contribution is -1.88. The average Bonchev–Trinajstić information content (AvgIpc) is 2.32. The molecule has 1 N–H and O–H groups in total. The molecule has 0 aliphatic heterocycles. The Morgan fingerprint density at radius 1 is 1.06 bits per heavy atom. The molecule has 2 aromatic rings. The summed E-state index contributed by atoms with van der Waals surface area (Å²) in [7, 11) is 1.52. The topological polar surface area (TPSA) is 29.5 Å². The zero-order chi connectivity index (χ0) is 12.4. The number of ether oxygens (including phenoxy) is 1. The highest BCUT2D eigenvalue weighted by Gasteiger charge is 2.10. The summed E-state index contributed by atoms with van der Waals surface area (Å²) in [6, 6.07) is 9.60. The molecule has 0 heterocycles. The van der Waals surface area contributed by atoms with Gasteiger partial charge in [-0.25, -0.2) is 4.39 Å². The van der Waals surface area contributed by atoms with Gasteiger partial charge in [-0.05, 0) is 31.2 Å². The van der Waals surface area contributed by atoms with Crippen LogP contribution in [-0.4, -0.2) is 12.2 Å². The lowest BCUT2D eigenvalue weighted by molar-refractivity contribution is 0.408. The standard InChI is InChI=1S/C14H13FO2/c1-9-3-6-13(15)12(7-9)11-5-4-10(17-2)8-14(11)16/h3-8,16H,1-2H3. The van der Waals surface area contributed by atoms with E-state index in [0.717, 1.165) is 5.56 Å². The molecule has 0 saturated carbocycles. The van der Waals surface area contributed by atoms with Crippen molar-refractivity contribution < 1.29 is 14.2 Å². The normalized spacial score (nSPS) is 10.3. The Morgan fingerprint density at radius 3 is 2.47 bits per heavy atom. The summed E-state index contributed by atoms with van der Waals surface area (Å²) >= 11 is 0. The van der Waals surface area contributed by atoms with Gasteiger partial charge in [0.15, 0.2) is 0 Å². The highest BCUT2D eigenvalue weighted by atomic mass is 19.1. The van der Waals surface area contributed by atoms with Gasteiger partial charge in [0.05, 0.1) is 7.11 Å². The maximum Gasteiger partial charge on any atom is 0.131 e. The lowest BCUT2D eigenvalue weighted by Gasteiger charge is -2.08. The molecule has 0 atom stereocenters. The third-order valence-electron chi connectivity index (χ3n) is 2.62. The van der Waals surface area contributed by atoms with Crippen molar-refractivity contribution in [3.8, 4) is 22.6 Å². The van der Waals surface area contributed by atoms with E-state index in [4.69, 9.17) is 4.74 Å². The fourth-order valence-electron chi connectivity index (χ4n) is 1.71. The monoisotopic (exact) mass is 232 g/mol. The molecule has 0 radical (unpaired) electrons. The van der Waals surface area contributed by atoms with Crippen LogP contribution in [0, 0.1) is 12.7 Å². The molecule has 0 saturated heterocycles. The third-order valence-corrected chi connectivity index (χ3v) is 2.62. The van der Waals surface area contributed by atoms with Crippen molar-refractivity contribution in [1.82, 2.24) is 0 Å². The second-order valence-corrected chi connectivity index (χ2v) is 3.87. The van der Waals surface area contributed by atoms with E-state index in [0.29, 0.717) is 16.9 Å². The highest BCUT2D eigenvalue weighted by molar-refractivity contribution is 5.72. The highest BCUT2D eigenvalue weighted by Crippen LogP contribution is 2.34. The first-order valence-electron chi connectivity index (χ1n) is 5.25. The van der Waals surface area contributed by atoms with Gasteiger partial charge in [0.1, 0.15) is 17.3 Å². The fraction of sp³-hybridized carbons (Fsp3) is 0.143. The molecule has 0 fully saturated rings. The maximum absolute atomic E-state index is 13.7. The Bertz CT molecular complexity index is 550. The molecule has 0 amide bonds. The predicted octanol–water partition coefficient (Wildman–Crippen LogP) is 3.52. The fourth-order valence-corrected chi connectivity index (χ4v) is 1.71. The van der Waals surface area contributed by atoms with E-state index < -0.39 is 0 Å². The van der Waals surface area contributed by atoms with Crippen LogP contribution >= 0.6 is 0 Å². The maximum atomic E-state index is 13.7. The number of aromatic hydroxyl groups is 1. The van der Waals surface area contributed by atoms with E-state index >= 15 is 0 Å². The van der Waals surface area contributed by atoms with Gasteiger partial charge in [0, 0.05) is 17.2 Å². The first-order chi connectivity index (χ1) is 8.11. The molecule has 3 heteroatoms. The largest absolute Gasteiger partial charge is 0.507 e. The minimum absolute atomic E-state index is 0.00819. The number of methoxy groups -OCH3 is 1. The first kappa shape index (κ1) is 11.5. The summed E-state index contributed by atoms with van der Waals surface area (Å²) in [6.07, 6.45) is 0. The van der Waals surface area contributed by atoms with Gasteiger partial charge in [0.25, 0.3) is 0 Å². The van der Waals surface area contributed by atoms with Gasteiger partial charge in [-0.3, -0.25) is 0 Å². The molecule has 0 aromatic heterocycles. The second-order valence-electron chi connectivity index (χ2n) is 3.87. The summed E-state index contributed by atoms with van der Waals surface area (Å²) in [5, 5.41) is 9.84. The van der Waals surface area contributed by atoms with Crippen LogP contribution in [0.3, 0.4) is 0 Å². The summed E-state index contributed by atoms with van der Waals surface area (Å²) in [5.41, 5.74) is 1.80. The van der Waals surface area contributed by atoms with Crippen LogP contribution in [0.5, 0.6) is 11.5 Å². The molecule has 0 spiro atoms. The van der Waals surface area contributed by atoms with Gasteiger partial charge in [-0.1, -0.05) is 11.6 Å². The smallest absolute Gasteiger partial charge is 0.131 e. The minimum atomic E-state index is -0.351. The average molecular weight is 232 g/mol. The first-order valence-corrected chi connectivity index (χ1v) is 5.25. The van der Waals surface area contributed by atoms with Crippen molar-refractivity contribution in [3.63, 3.8) is 0 Å². The number of hydrogen-bond acceptors (Lipinski definition) is 2. The van der Waals surface area contributed by atoms with Gasteiger partial charge < -0.3 is 9.84 Å². The summed E-state index contributed by atoms with van der Waals surface area (Å²) < 4.78 is 18.7. The third kappa shape index (κ3) is 2.23. The molecule has 17 heavy (non-hydrogen) atoms. The Morgan fingerprint density at radius 2 is 1.82 bits per heavy atom. The van der Waals surface area contributed by atoms with Crippen LogP contribution in [-0.2, 0) is 0 Å². The Kier molecular flexibility index (Phi) is 3.00. The lowest BCUT2D eigenvalue weighted by atomic mass is 10.0. The van der Waals surface area contributed by atoms with Gasteiger partial charge >= 0.3 is 0 Å². The number of benzene rings is 2. The van der Waals surface area contributed by atoms with Crippen LogP contribution < -0.4 is 4.74 Å². The van der Waals surface area contributed by atoms with E-state index in [2.05, 4.69) is 0 Å². The molecule has 2 nitrogen and oxygen atoms in total. The molecule has 0 bridgehead atoms. The Balaban J connectivity index is 2.56. The van der Waals surface area contributed by atoms with Crippen molar-refractivity contribution in [1.29, 1.82) is 0 Å². The number of phenols is 1. The Hall–Kier alpha value is -2.03. The minimum Gasteiger partial charge on any atom is -0.507 e. The SMILES string of the molecule is COc1ccc(-c2cc(C)ccc2F)c(O)c1. The summed E-state index contributed by atoms with van der Waals surface area (Å²) in [5.74, 6) is 0.198. The molecule has 2 aromatic carbocycles. The van der Waals surface area contributed by atoms with Crippen molar-refractivity contribution in [2.24, 2.45) is 0 Å². The predicted molar refractivity (Wildman–Crippen MR) is 64.8 cm³/mol. The Labute approximate surface area is 99.3 Å². The van der Waals surface area contributed by atoms with Gasteiger partial charge in [-0.15, -0.1) is 0 Å². The second kappa shape index (κ2) is 4.45. The molecular weight excluding hydrogens is 219 g/mol. The van der Waals surface area contributed by atoms with E-state index in [-0.39, 0.29) is 11.6 Å². The zero-order valence-corrected chi connectivity index (χ0v) is 9.70. The summed E-state index contributed by atoms with van der Waals surface area (Å²) in [4.78, 5) is 0. The number of halogens is 1. The van der Waals surface area contributed by atoms with Crippen molar-refractivity contribution in [2.45, 2.75) is 6.92 Å². The molecule has 0 unspecified atom stereocenters. The molecular formula is C14H13FO2. The molecule has 2 rings (SSSR count). The van der Waals surface area contributed by atoms with E-state index in [1.54, 1.807) is 24.3 Å². The van der Waals surface area contributed by atoms with Crippen LogP contribution in [0.2, 0.25) is 0 Å². The molecule has 0 aliphatic rings. The quantitative estimate of drug-likeness (QED) is 0.858. The van der Waals surface area contributed by atoms with Crippen molar-refractivity contribution in [2.75, 3.05) is 7.11 Å². The zero-order valence-electron chi connectivity index (χ0n) is 9.70. The van der Waals surface area contributed by atoms with Crippen LogP contribution in [0.4, 0.5) is 4.39 Å². The number of hydrogen-bond donors (Lipinski definition) is 1. The number of rotatable bonds is 2. The molecule has 0 aliphatic carbocycles. The van der Waals surface area contributed by atoms with E-state index in [9.17, 15) is 9.50 Å². The van der Waals surface area contributed by atoms with Crippen molar-refractivity contribution in [3.05, 3.63) is 47.8 Å². The van der Waals surface area contributed by atoms with Crippen LogP contribution in [0.15, 0.2) is 36.4 Å². The van der Waals surface area contributed by atoms with Gasteiger partial charge in [0.2, 0.25) is 0 Å².